The molecule has 1 unspecified atom stereocenters. The van der Waals surface area contributed by atoms with E-state index in [0.717, 1.165) is 54.9 Å². The van der Waals surface area contributed by atoms with Crippen LogP contribution < -0.4 is 21.7 Å². The van der Waals surface area contributed by atoms with Gasteiger partial charge in [0.25, 0.3) is 5.56 Å². The first-order valence-corrected chi connectivity index (χ1v) is 12.6. The number of hydrogen-bond acceptors (Lipinski definition) is 7. The van der Waals surface area contributed by atoms with Gasteiger partial charge >= 0.3 is 0 Å². The Labute approximate surface area is 210 Å². The Kier molecular flexibility index (Phi) is 7.70. The molecule has 1 atom stereocenters. The number of morpholine rings is 1. The number of ether oxygens (including phenoxy) is 1. The molecule has 7 nitrogen and oxygen atoms in total. The number of H-pyrrole nitrogens is 1. The van der Waals surface area contributed by atoms with Gasteiger partial charge in [-0.3, -0.25) is 14.6 Å². The van der Waals surface area contributed by atoms with E-state index in [2.05, 4.69) is 22.1 Å². The van der Waals surface area contributed by atoms with Crippen LogP contribution in [0.25, 0.3) is 0 Å². The van der Waals surface area contributed by atoms with Gasteiger partial charge in [0.05, 0.1) is 29.2 Å². The molecule has 178 valence electrons. The monoisotopic (exact) mass is 515 g/mol. The van der Waals surface area contributed by atoms with Crippen molar-refractivity contribution in [2.75, 3.05) is 31.2 Å². The molecule has 1 fully saturated rings. The maximum absolute atomic E-state index is 13.4. The summed E-state index contributed by atoms with van der Waals surface area (Å²) in [7, 11) is 0. The van der Waals surface area contributed by atoms with Crippen molar-refractivity contribution in [1.29, 1.82) is 0 Å². The minimum Gasteiger partial charge on any atom is -0.858 e. The smallest absolute Gasteiger partial charge is 0.277 e. The van der Waals surface area contributed by atoms with Crippen molar-refractivity contribution in [2.45, 2.75) is 15.8 Å². The minimum atomic E-state index is -0.434. The Morgan fingerprint density at radius 1 is 1.06 bits per heavy atom. The molecule has 0 aliphatic carbocycles. The number of nitrogens with one attached hydrogen (secondary N) is 1. The molecule has 2 aromatic heterocycles. The van der Waals surface area contributed by atoms with E-state index < -0.39 is 11.6 Å². The molecule has 0 bridgehead atoms. The molecule has 0 amide bonds. The SMILES string of the molecule is N.O=c1[nH]n(C(c2ccc(N3CCOCC3)cc2)c2ccsc2)c([O-])c1Sc1ccccc1Cl. The van der Waals surface area contributed by atoms with Crippen LogP contribution in [0.15, 0.2) is 79.9 Å². The number of aromatic nitrogens is 2. The molecule has 1 saturated heterocycles. The summed E-state index contributed by atoms with van der Waals surface area (Å²) in [5.74, 6) is -0.363. The molecular weight excluding hydrogens is 492 g/mol. The van der Waals surface area contributed by atoms with E-state index in [1.807, 2.05) is 41.1 Å². The second-order valence-electron chi connectivity index (χ2n) is 7.63. The second-order valence-corrected chi connectivity index (χ2v) is 9.87. The van der Waals surface area contributed by atoms with Crippen LogP contribution in [-0.2, 0) is 4.74 Å². The predicted molar refractivity (Wildman–Crippen MR) is 136 cm³/mol. The van der Waals surface area contributed by atoms with E-state index in [-0.39, 0.29) is 16.9 Å². The van der Waals surface area contributed by atoms with E-state index in [4.69, 9.17) is 16.3 Å². The molecule has 4 N–H and O–H groups in total. The zero-order chi connectivity index (χ0) is 22.8. The van der Waals surface area contributed by atoms with Crippen LogP contribution in [0, 0.1) is 0 Å². The topological polar surface area (TPSA) is 108 Å². The van der Waals surface area contributed by atoms with Crippen molar-refractivity contribution < 1.29 is 9.84 Å². The minimum absolute atomic E-state index is 0. The van der Waals surface area contributed by atoms with Gasteiger partial charge in [-0.2, -0.15) is 11.3 Å². The third-order valence-corrected chi connectivity index (χ3v) is 7.88. The van der Waals surface area contributed by atoms with Gasteiger partial charge in [0.15, 0.2) is 0 Å². The van der Waals surface area contributed by atoms with E-state index in [9.17, 15) is 9.90 Å². The lowest BCUT2D eigenvalue weighted by atomic mass is 10.0. The molecule has 0 spiro atoms. The van der Waals surface area contributed by atoms with E-state index >= 15 is 0 Å². The number of nitrogens with zero attached hydrogens (tertiary/aromatic N) is 2. The first-order valence-electron chi connectivity index (χ1n) is 10.5. The third kappa shape index (κ3) is 4.89. The standard InChI is InChI=1S/C24H22ClN3O3S2.H3N/c25-19-3-1-2-4-20(19)33-22-23(29)26-28(24(22)30)21(17-9-14-32-15-17)16-5-7-18(8-6-16)27-10-12-31-13-11-27;/h1-9,14-15,21,30H,10-13H2,(H,26,29);1H3/p-1. The number of rotatable bonds is 6. The summed E-state index contributed by atoms with van der Waals surface area (Å²) in [4.78, 5) is 15.8. The summed E-state index contributed by atoms with van der Waals surface area (Å²) >= 11 is 8.90. The van der Waals surface area contributed by atoms with Gasteiger partial charge in [-0.15, -0.1) is 0 Å². The van der Waals surface area contributed by atoms with Gasteiger partial charge in [-0.1, -0.05) is 47.6 Å². The summed E-state index contributed by atoms with van der Waals surface area (Å²) in [6.07, 6.45) is 0. The molecule has 3 heterocycles. The number of aromatic amines is 1. The molecule has 0 saturated carbocycles. The fraction of sp³-hybridized carbons (Fsp3) is 0.208. The van der Waals surface area contributed by atoms with Crippen molar-refractivity contribution >= 4 is 40.4 Å². The fourth-order valence-corrected chi connectivity index (χ4v) is 5.72. The summed E-state index contributed by atoms with van der Waals surface area (Å²) in [5, 5.41) is 20.6. The largest absolute Gasteiger partial charge is 0.858 e. The number of thiophene rings is 1. The summed E-state index contributed by atoms with van der Waals surface area (Å²) in [5.41, 5.74) is 2.55. The zero-order valence-corrected chi connectivity index (χ0v) is 20.7. The molecular formula is C24H24ClN4O3S2-. The third-order valence-electron chi connectivity index (χ3n) is 5.59. The molecule has 10 heteroatoms. The lowest BCUT2D eigenvalue weighted by Crippen LogP contribution is -2.36. The van der Waals surface area contributed by atoms with Gasteiger partial charge in [0, 0.05) is 29.6 Å². The molecule has 34 heavy (non-hydrogen) atoms. The van der Waals surface area contributed by atoms with Gasteiger partial charge in [-0.05, 0) is 52.2 Å². The van der Waals surface area contributed by atoms with Crippen LogP contribution in [0.5, 0.6) is 5.88 Å². The van der Waals surface area contributed by atoms with Crippen molar-refractivity contribution in [3.8, 4) is 5.88 Å². The highest BCUT2D eigenvalue weighted by Crippen LogP contribution is 2.38. The van der Waals surface area contributed by atoms with Crippen LogP contribution in [-0.4, -0.2) is 36.1 Å². The summed E-state index contributed by atoms with van der Waals surface area (Å²) in [6, 6.07) is 16.9. The maximum atomic E-state index is 13.4. The predicted octanol–water partition coefficient (Wildman–Crippen LogP) is 4.75. The number of halogens is 1. The van der Waals surface area contributed by atoms with Crippen LogP contribution in [0.2, 0.25) is 5.02 Å². The van der Waals surface area contributed by atoms with Crippen LogP contribution in [0.4, 0.5) is 5.69 Å². The van der Waals surface area contributed by atoms with E-state index in [1.165, 1.54) is 4.68 Å². The highest BCUT2D eigenvalue weighted by Gasteiger charge is 2.22. The first-order chi connectivity index (χ1) is 16.1. The van der Waals surface area contributed by atoms with Crippen molar-refractivity contribution in [1.82, 2.24) is 15.9 Å². The van der Waals surface area contributed by atoms with Gasteiger partial charge < -0.3 is 20.9 Å². The van der Waals surface area contributed by atoms with Crippen LogP contribution >= 0.6 is 34.7 Å². The van der Waals surface area contributed by atoms with E-state index in [0.29, 0.717) is 9.92 Å². The number of hydrogen-bond donors (Lipinski definition) is 2. The van der Waals surface area contributed by atoms with Gasteiger partial charge in [-0.25, -0.2) is 0 Å². The molecule has 2 aromatic carbocycles. The highest BCUT2D eigenvalue weighted by atomic mass is 35.5. The molecule has 4 aromatic rings. The normalized spacial score (nSPS) is 14.6. The lowest BCUT2D eigenvalue weighted by Gasteiger charge is -2.29. The Morgan fingerprint density at radius 3 is 2.47 bits per heavy atom. The highest BCUT2D eigenvalue weighted by molar-refractivity contribution is 7.99. The van der Waals surface area contributed by atoms with Gasteiger partial charge in [0.2, 0.25) is 0 Å². The molecule has 1 aliphatic heterocycles. The fourth-order valence-electron chi connectivity index (χ4n) is 3.94. The zero-order valence-electron chi connectivity index (χ0n) is 18.3. The summed E-state index contributed by atoms with van der Waals surface area (Å²) < 4.78 is 6.87. The number of benzene rings is 2. The quantitative estimate of drug-likeness (QED) is 0.383. The van der Waals surface area contributed by atoms with Crippen molar-refractivity contribution in [3.05, 3.63) is 91.9 Å². The molecule has 0 radical (unpaired) electrons. The Morgan fingerprint density at radius 2 is 1.79 bits per heavy atom. The Balaban J connectivity index is 0.00000274. The first kappa shape index (κ1) is 24.4. The second kappa shape index (κ2) is 10.7. The lowest BCUT2D eigenvalue weighted by molar-refractivity contribution is -0.284. The van der Waals surface area contributed by atoms with E-state index in [1.54, 1.807) is 23.5 Å². The van der Waals surface area contributed by atoms with Gasteiger partial charge in [0.1, 0.15) is 0 Å². The number of anilines is 1. The van der Waals surface area contributed by atoms with Crippen LogP contribution in [0.3, 0.4) is 0 Å². The molecule has 1 aliphatic rings. The average molecular weight is 516 g/mol. The van der Waals surface area contributed by atoms with Crippen molar-refractivity contribution in [3.63, 3.8) is 0 Å². The Bertz CT molecular complexity index is 1280. The van der Waals surface area contributed by atoms with Crippen LogP contribution in [0.1, 0.15) is 17.2 Å². The summed E-state index contributed by atoms with van der Waals surface area (Å²) in [6.45, 7) is 3.14. The Hall–Kier alpha value is -2.69. The van der Waals surface area contributed by atoms with Crippen molar-refractivity contribution in [2.24, 2.45) is 0 Å². The average Bonchev–Trinajstić information content (AvgIpc) is 3.46. The maximum Gasteiger partial charge on any atom is 0.277 e. The molecule has 5 rings (SSSR count).